The normalized spacial score (nSPS) is 11.5. The van der Waals surface area contributed by atoms with Crippen molar-refractivity contribution in [2.45, 2.75) is 6.92 Å². The zero-order valence-electron chi connectivity index (χ0n) is 11.5. The number of benzene rings is 1. The van der Waals surface area contributed by atoms with Crippen LogP contribution in [0.25, 0.3) is 17.0 Å². The highest BCUT2D eigenvalue weighted by atomic mass is 16.5. The zero-order chi connectivity index (χ0) is 13.5. The van der Waals surface area contributed by atoms with Crippen molar-refractivity contribution in [3.63, 3.8) is 0 Å². The van der Waals surface area contributed by atoms with E-state index in [1.165, 1.54) is 10.9 Å². The first kappa shape index (κ1) is 13.7. The summed E-state index contributed by atoms with van der Waals surface area (Å²) in [6, 6.07) is 10.5. The maximum absolute atomic E-state index is 4.97. The molecule has 100 valence electrons. The van der Waals surface area contributed by atoms with Crippen molar-refractivity contribution in [3.8, 4) is 0 Å². The Morgan fingerprint density at radius 1 is 1.26 bits per heavy atom. The molecule has 0 fully saturated rings. The Balaban J connectivity index is 1.97. The van der Waals surface area contributed by atoms with E-state index < -0.39 is 0 Å². The van der Waals surface area contributed by atoms with E-state index >= 15 is 0 Å². The van der Waals surface area contributed by atoms with Crippen molar-refractivity contribution in [1.29, 1.82) is 0 Å². The number of methoxy groups -OCH3 is 1. The molecule has 0 saturated heterocycles. The summed E-state index contributed by atoms with van der Waals surface area (Å²) in [6.07, 6.45) is 4.25. The fourth-order valence-corrected chi connectivity index (χ4v) is 1.90. The van der Waals surface area contributed by atoms with Crippen LogP contribution in [-0.4, -0.2) is 31.8 Å². The fraction of sp³-hybridized carbons (Fsp3) is 0.312. The first-order valence-electron chi connectivity index (χ1n) is 6.53. The van der Waals surface area contributed by atoms with Gasteiger partial charge in [0.2, 0.25) is 0 Å². The molecule has 1 heterocycles. The Kier molecular flexibility index (Phi) is 5.07. The van der Waals surface area contributed by atoms with E-state index in [1.54, 1.807) is 7.11 Å². The summed E-state index contributed by atoms with van der Waals surface area (Å²) in [5.74, 6) is 0. The minimum absolute atomic E-state index is 0.745. The van der Waals surface area contributed by atoms with E-state index in [4.69, 9.17) is 4.74 Å². The first-order valence-corrected chi connectivity index (χ1v) is 6.53. The number of nitrogens with zero attached hydrogens (tertiary/aromatic N) is 1. The van der Waals surface area contributed by atoms with Crippen molar-refractivity contribution in [3.05, 3.63) is 47.7 Å². The maximum Gasteiger partial charge on any atom is 0.0705 e. The summed E-state index contributed by atoms with van der Waals surface area (Å²) in [4.78, 5) is 4.50. The second kappa shape index (κ2) is 7.02. The number of aromatic nitrogens is 1. The lowest BCUT2D eigenvalue weighted by molar-refractivity contribution is 0.200. The fourth-order valence-electron chi connectivity index (χ4n) is 1.90. The summed E-state index contributed by atoms with van der Waals surface area (Å²) in [6.45, 7) is 4.49. The molecular weight excluding hydrogens is 236 g/mol. The average molecular weight is 256 g/mol. The number of hydrogen-bond acceptors (Lipinski definition) is 3. The number of rotatable bonds is 6. The van der Waals surface area contributed by atoms with Gasteiger partial charge in [-0.15, -0.1) is 0 Å². The molecule has 19 heavy (non-hydrogen) atoms. The largest absolute Gasteiger partial charge is 0.383 e. The van der Waals surface area contributed by atoms with Crippen LogP contribution in [0.15, 0.2) is 36.4 Å². The van der Waals surface area contributed by atoms with Crippen molar-refractivity contribution in [2.24, 2.45) is 0 Å². The minimum atomic E-state index is 0.745. The maximum atomic E-state index is 4.97. The molecule has 3 heteroatoms. The number of nitrogens with one attached hydrogen (secondary N) is 1. The van der Waals surface area contributed by atoms with E-state index in [0.717, 1.165) is 30.9 Å². The van der Waals surface area contributed by atoms with E-state index in [-0.39, 0.29) is 0 Å². The van der Waals surface area contributed by atoms with Crippen molar-refractivity contribution < 1.29 is 4.74 Å². The monoisotopic (exact) mass is 256 g/mol. The molecule has 2 rings (SSSR count). The molecule has 0 saturated carbocycles. The van der Waals surface area contributed by atoms with Crippen LogP contribution in [0.2, 0.25) is 0 Å². The minimum Gasteiger partial charge on any atom is -0.383 e. The molecule has 0 unspecified atom stereocenters. The van der Waals surface area contributed by atoms with Crippen molar-refractivity contribution in [2.75, 3.05) is 26.8 Å². The van der Waals surface area contributed by atoms with Gasteiger partial charge in [0.15, 0.2) is 0 Å². The van der Waals surface area contributed by atoms with Crippen molar-refractivity contribution in [1.82, 2.24) is 10.3 Å². The quantitative estimate of drug-likeness (QED) is 0.807. The molecule has 0 aliphatic rings. The summed E-state index contributed by atoms with van der Waals surface area (Å²) in [5, 5.41) is 4.46. The lowest BCUT2D eigenvalue weighted by atomic mass is 10.1. The van der Waals surface area contributed by atoms with Gasteiger partial charge in [0, 0.05) is 31.3 Å². The summed E-state index contributed by atoms with van der Waals surface area (Å²) in [7, 11) is 1.71. The van der Waals surface area contributed by atoms with Crippen LogP contribution in [0, 0.1) is 6.92 Å². The van der Waals surface area contributed by atoms with E-state index in [2.05, 4.69) is 46.7 Å². The predicted octanol–water partition coefficient (Wildman–Crippen LogP) is 2.79. The second-order valence-electron chi connectivity index (χ2n) is 4.50. The molecule has 0 bridgehead atoms. The zero-order valence-corrected chi connectivity index (χ0v) is 11.5. The van der Waals surface area contributed by atoms with Crippen molar-refractivity contribution >= 4 is 17.0 Å². The molecule has 1 aromatic heterocycles. The highest BCUT2D eigenvalue weighted by molar-refractivity contribution is 5.81. The Hall–Kier alpha value is -1.71. The number of fused-ring (bicyclic) bond motifs is 1. The van der Waals surface area contributed by atoms with Gasteiger partial charge >= 0.3 is 0 Å². The van der Waals surface area contributed by atoms with Gasteiger partial charge in [-0.3, -0.25) is 4.98 Å². The van der Waals surface area contributed by atoms with Crippen LogP contribution in [0.5, 0.6) is 0 Å². The van der Waals surface area contributed by atoms with Crippen LogP contribution in [-0.2, 0) is 4.74 Å². The number of pyridine rings is 1. The smallest absolute Gasteiger partial charge is 0.0705 e. The van der Waals surface area contributed by atoms with Crippen LogP contribution in [0.3, 0.4) is 0 Å². The van der Waals surface area contributed by atoms with Gasteiger partial charge < -0.3 is 10.1 Å². The van der Waals surface area contributed by atoms with Gasteiger partial charge in [-0.05, 0) is 30.7 Å². The highest BCUT2D eigenvalue weighted by Gasteiger charge is 1.95. The van der Waals surface area contributed by atoms with E-state index in [9.17, 15) is 0 Å². The molecule has 0 aliphatic carbocycles. The number of hydrogen-bond donors (Lipinski definition) is 1. The van der Waals surface area contributed by atoms with Gasteiger partial charge in [0.05, 0.1) is 12.1 Å². The molecular formula is C16H20N2O. The highest BCUT2D eigenvalue weighted by Crippen LogP contribution is 2.15. The lowest BCUT2D eigenvalue weighted by Gasteiger charge is -2.01. The van der Waals surface area contributed by atoms with Crippen LogP contribution in [0.1, 0.15) is 11.3 Å². The summed E-state index contributed by atoms with van der Waals surface area (Å²) >= 11 is 0. The van der Waals surface area contributed by atoms with Gasteiger partial charge in [0.25, 0.3) is 0 Å². The molecule has 1 N–H and O–H groups in total. The Morgan fingerprint density at radius 2 is 2.16 bits per heavy atom. The Bertz CT molecular complexity index is 564. The molecule has 0 spiro atoms. The molecule has 0 amide bonds. The topological polar surface area (TPSA) is 34.1 Å². The SMILES string of the molecule is COCCNC/C=C/c1ccc2nc(C)ccc2c1. The predicted molar refractivity (Wildman–Crippen MR) is 80.3 cm³/mol. The van der Waals surface area contributed by atoms with E-state index in [0.29, 0.717) is 0 Å². The standard InChI is InChI=1S/C16H20N2O/c1-13-5-7-15-12-14(6-8-16(15)18-13)4-3-9-17-10-11-19-2/h3-8,12,17H,9-11H2,1-2H3/b4-3+. The van der Waals surface area contributed by atoms with Gasteiger partial charge in [-0.25, -0.2) is 0 Å². The van der Waals surface area contributed by atoms with Gasteiger partial charge in [-0.2, -0.15) is 0 Å². The molecule has 0 aliphatic heterocycles. The van der Waals surface area contributed by atoms with Crippen LogP contribution >= 0.6 is 0 Å². The molecule has 0 radical (unpaired) electrons. The molecule has 0 atom stereocenters. The Labute approximate surface area is 114 Å². The lowest BCUT2D eigenvalue weighted by Crippen LogP contribution is -2.18. The number of aryl methyl sites for hydroxylation is 1. The van der Waals surface area contributed by atoms with E-state index in [1.807, 2.05) is 13.0 Å². The second-order valence-corrected chi connectivity index (χ2v) is 4.50. The molecule has 2 aromatic rings. The average Bonchev–Trinajstić information content (AvgIpc) is 2.43. The van der Waals surface area contributed by atoms with Crippen LogP contribution < -0.4 is 5.32 Å². The molecule has 3 nitrogen and oxygen atoms in total. The Morgan fingerprint density at radius 3 is 3.00 bits per heavy atom. The van der Waals surface area contributed by atoms with Gasteiger partial charge in [0.1, 0.15) is 0 Å². The first-order chi connectivity index (χ1) is 9.29. The summed E-state index contributed by atoms with van der Waals surface area (Å²) in [5.41, 5.74) is 3.31. The third kappa shape index (κ3) is 4.16. The summed E-state index contributed by atoms with van der Waals surface area (Å²) < 4.78 is 4.97. The molecule has 1 aromatic carbocycles. The third-order valence-corrected chi connectivity index (χ3v) is 2.91. The number of ether oxygens (including phenoxy) is 1. The van der Waals surface area contributed by atoms with Crippen LogP contribution in [0.4, 0.5) is 0 Å². The third-order valence-electron chi connectivity index (χ3n) is 2.91. The van der Waals surface area contributed by atoms with Gasteiger partial charge in [-0.1, -0.05) is 24.3 Å².